The Labute approximate surface area is 104 Å². The fraction of sp³-hybridized carbons (Fsp3) is 0. The molecule has 0 heterocycles. The molecule has 0 radical (unpaired) electrons. The fourth-order valence-electron chi connectivity index (χ4n) is 0.675. The van der Waals surface area contributed by atoms with Crippen LogP contribution < -0.4 is 0 Å². The molecule has 0 saturated carbocycles. The molecule has 2 N–H and O–H groups in total. The van der Waals surface area contributed by atoms with Crippen molar-refractivity contribution in [2.75, 3.05) is 0 Å². The van der Waals surface area contributed by atoms with E-state index in [1.807, 2.05) is 6.79 Å². The van der Waals surface area contributed by atoms with Crippen LogP contribution in [0.1, 0.15) is 0 Å². The Kier molecular flexibility index (Phi) is 7.98. The monoisotopic (exact) mass is 228 g/mol. The van der Waals surface area contributed by atoms with Crippen LogP contribution >= 0.6 is 0 Å². The Morgan fingerprint density at radius 3 is 1.86 bits per heavy atom. The summed E-state index contributed by atoms with van der Waals surface area (Å²) >= 11 is 0. The molecule has 14 heavy (non-hydrogen) atoms. The van der Waals surface area contributed by atoms with Gasteiger partial charge in [-0.1, -0.05) is 12.1 Å². The number of aromatic hydroxyl groups is 1. The molecule has 74 valence electrons. The number of benzene rings is 1. The van der Waals surface area contributed by atoms with Gasteiger partial charge in [0.1, 0.15) is 17.4 Å². The van der Waals surface area contributed by atoms with Crippen LogP contribution in [0, 0.1) is 0 Å². The topological polar surface area (TPSA) is 91.7 Å². The molecule has 0 aromatic heterocycles. The van der Waals surface area contributed by atoms with Gasteiger partial charge in [0.2, 0.25) is 0 Å². The molecular formula is C7H9NaO5S. The molecule has 0 bridgehead atoms. The maximum atomic E-state index is 10.4. The zero-order chi connectivity index (χ0) is 10.5. The second kappa shape index (κ2) is 6.97. The number of hydrogen-bond acceptors (Lipinski definition) is 4. The fourth-order valence-corrected chi connectivity index (χ4v) is 1.26. The van der Waals surface area contributed by atoms with E-state index in [9.17, 15) is 8.42 Å². The number of carbonyl (C=O) groups excluding carboxylic acids is 1. The quantitative estimate of drug-likeness (QED) is 0.513. The van der Waals surface area contributed by atoms with Crippen molar-refractivity contribution in [3.05, 3.63) is 24.3 Å². The van der Waals surface area contributed by atoms with Gasteiger partial charge >= 0.3 is 29.6 Å². The van der Waals surface area contributed by atoms with Gasteiger partial charge in [0, 0.05) is 0 Å². The van der Waals surface area contributed by atoms with Crippen LogP contribution in [0.5, 0.6) is 5.75 Å². The van der Waals surface area contributed by atoms with E-state index in [4.69, 9.17) is 14.5 Å². The van der Waals surface area contributed by atoms with Crippen LogP contribution in [0.15, 0.2) is 29.2 Å². The molecule has 1 rings (SSSR count). The van der Waals surface area contributed by atoms with E-state index in [1.54, 1.807) is 0 Å². The minimum absolute atomic E-state index is 0. The molecule has 0 aliphatic carbocycles. The average Bonchev–Trinajstić information content (AvgIpc) is 2.07. The van der Waals surface area contributed by atoms with Crippen LogP contribution in [-0.2, 0) is 14.9 Å². The van der Waals surface area contributed by atoms with Crippen molar-refractivity contribution in [2.45, 2.75) is 4.90 Å². The first-order chi connectivity index (χ1) is 6.02. The van der Waals surface area contributed by atoms with Crippen molar-refractivity contribution >= 4 is 46.5 Å². The van der Waals surface area contributed by atoms with E-state index in [-0.39, 0.29) is 29.6 Å². The zero-order valence-electron chi connectivity index (χ0n) is 6.54. The second-order valence-electron chi connectivity index (χ2n) is 1.94. The third kappa shape index (κ3) is 4.73. The normalized spacial score (nSPS) is 9.21. The van der Waals surface area contributed by atoms with Crippen LogP contribution in [0.3, 0.4) is 0 Å². The number of hydrogen-bond donors (Lipinski definition) is 2. The molecule has 0 amide bonds. The molecular weight excluding hydrogens is 219 g/mol. The van der Waals surface area contributed by atoms with Crippen molar-refractivity contribution < 1.29 is 22.9 Å². The summed E-state index contributed by atoms with van der Waals surface area (Å²) < 4.78 is 29.4. The third-order valence-electron chi connectivity index (χ3n) is 1.14. The first kappa shape index (κ1) is 16.0. The number of phenolic OH excluding ortho intramolecular Hbond substituents is 1. The Hall–Kier alpha value is -0.400. The molecule has 7 heteroatoms. The third-order valence-corrected chi connectivity index (χ3v) is 2.04. The van der Waals surface area contributed by atoms with E-state index >= 15 is 0 Å². The summed E-state index contributed by atoms with van der Waals surface area (Å²) in [5, 5.41) is 8.91. The van der Waals surface area contributed by atoms with Crippen molar-refractivity contribution in [1.29, 1.82) is 0 Å². The molecule has 1 aromatic rings. The van der Waals surface area contributed by atoms with Crippen LogP contribution in [0.4, 0.5) is 0 Å². The summed E-state index contributed by atoms with van der Waals surface area (Å²) in [4.78, 5) is 7.53. The van der Waals surface area contributed by atoms with E-state index in [2.05, 4.69) is 0 Å². The molecule has 0 fully saturated rings. The number of rotatable bonds is 1. The number of carbonyl (C=O) groups is 1. The van der Waals surface area contributed by atoms with Gasteiger partial charge in [-0.25, -0.2) is 0 Å². The van der Waals surface area contributed by atoms with Crippen LogP contribution in [-0.4, -0.2) is 54.4 Å². The molecule has 0 saturated heterocycles. The summed E-state index contributed by atoms with van der Waals surface area (Å²) in [6.07, 6.45) is 0. The van der Waals surface area contributed by atoms with Gasteiger partial charge in [-0.3, -0.25) is 4.55 Å². The Morgan fingerprint density at radius 2 is 1.57 bits per heavy atom. The summed E-state index contributed by atoms with van der Waals surface area (Å²) in [6.45, 7) is 2.00. The van der Waals surface area contributed by atoms with Crippen LogP contribution in [0.25, 0.3) is 0 Å². The van der Waals surface area contributed by atoms with Gasteiger partial charge in [-0.2, -0.15) is 8.42 Å². The Morgan fingerprint density at radius 1 is 1.14 bits per heavy atom. The van der Waals surface area contributed by atoms with E-state index in [0.717, 1.165) is 6.07 Å². The summed E-state index contributed by atoms with van der Waals surface area (Å²) in [5.74, 6) is -0.449. The molecule has 0 aliphatic heterocycles. The summed E-state index contributed by atoms with van der Waals surface area (Å²) in [7, 11) is -4.28. The first-order valence-electron chi connectivity index (χ1n) is 3.06. The molecule has 0 unspecified atom stereocenters. The van der Waals surface area contributed by atoms with Gasteiger partial charge in [0.05, 0.1) is 0 Å². The van der Waals surface area contributed by atoms with Crippen molar-refractivity contribution in [3.8, 4) is 5.75 Å². The van der Waals surface area contributed by atoms with Gasteiger partial charge in [0.25, 0.3) is 10.1 Å². The molecule has 5 nitrogen and oxygen atoms in total. The number of phenols is 1. The van der Waals surface area contributed by atoms with Crippen molar-refractivity contribution in [3.63, 3.8) is 0 Å². The van der Waals surface area contributed by atoms with E-state index in [1.165, 1.54) is 18.2 Å². The summed E-state index contributed by atoms with van der Waals surface area (Å²) in [6, 6.07) is 5.17. The van der Waals surface area contributed by atoms with E-state index < -0.39 is 20.8 Å². The molecule has 0 aliphatic rings. The predicted molar refractivity (Wildman–Crippen MR) is 52.2 cm³/mol. The zero-order valence-corrected chi connectivity index (χ0v) is 7.36. The van der Waals surface area contributed by atoms with Crippen molar-refractivity contribution in [2.24, 2.45) is 0 Å². The van der Waals surface area contributed by atoms with Gasteiger partial charge in [0.15, 0.2) is 0 Å². The van der Waals surface area contributed by atoms with Gasteiger partial charge in [-0.05, 0) is 12.1 Å². The van der Waals surface area contributed by atoms with E-state index in [0.29, 0.717) is 0 Å². The summed E-state index contributed by atoms with van der Waals surface area (Å²) in [5.41, 5.74) is 0. The average molecular weight is 228 g/mol. The number of para-hydroxylation sites is 1. The Balaban J connectivity index is 0. The second-order valence-corrected chi connectivity index (χ2v) is 3.33. The minimum atomic E-state index is -4.28. The van der Waals surface area contributed by atoms with Gasteiger partial charge in [-0.15, -0.1) is 0 Å². The first-order valence-corrected chi connectivity index (χ1v) is 4.50. The molecule has 1 aromatic carbocycles. The SMILES string of the molecule is C=O.O=S(=O)(O)c1ccccc1O.[NaH]. The molecule has 0 atom stereocenters. The predicted octanol–water partition coefficient (Wildman–Crippen LogP) is -0.194. The van der Waals surface area contributed by atoms with Crippen molar-refractivity contribution in [1.82, 2.24) is 0 Å². The van der Waals surface area contributed by atoms with Gasteiger partial charge < -0.3 is 9.90 Å². The molecule has 0 spiro atoms. The Bertz CT molecular complexity index is 375. The standard InChI is InChI=1S/C6H6O4S.CH2O.Na.H/c7-5-3-1-2-4-6(5)11(8,9)10;1-2;;/h1-4,7H,(H,8,9,10);1H2;;. The van der Waals surface area contributed by atoms with Crippen LogP contribution in [0.2, 0.25) is 0 Å². The maximum absolute atomic E-state index is 10.4.